The van der Waals surface area contributed by atoms with E-state index < -0.39 is 0 Å². The Morgan fingerprint density at radius 2 is 2.14 bits per heavy atom. The van der Waals surface area contributed by atoms with Crippen molar-refractivity contribution in [1.82, 2.24) is 0 Å². The zero-order chi connectivity index (χ0) is 5.54. The number of rotatable bonds is 4. The zero-order valence-corrected chi connectivity index (χ0v) is 6.54. The molecule has 0 aliphatic heterocycles. The topological polar surface area (TPSA) is 18.5 Å². The molecule has 0 atom stereocenters. The summed E-state index contributed by atoms with van der Waals surface area (Å²) < 4.78 is 9.67. The molecule has 0 rings (SSSR count). The Morgan fingerprint density at radius 3 is 2.57 bits per heavy atom. The monoisotopic (exact) mass is 163 g/mol. The van der Waals surface area contributed by atoms with E-state index in [1.54, 1.807) is 16.9 Å². The molecule has 7 heavy (non-hydrogen) atoms. The van der Waals surface area contributed by atoms with Gasteiger partial charge in [-0.05, 0) is 0 Å². The molecule has 0 amide bonds. The molecule has 0 fully saturated rings. The number of hydrogen-bond donors (Lipinski definition) is 0. The summed E-state index contributed by atoms with van der Waals surface area (Å²) in [6.07, 6.45) is 0. The van der Waals surface area contributed by atoms with Gasteiger partial charge in [-0.1, -0.05) is 0 Å². The van der Waals surface area contributed by atoms with Crippen LogP contribution < -0.4 is 0 Å². The summed E-state index contributed by atoms with van der Waals surface area (Å²) in [4.78, 5) is 0. The van der Waals surface area contributed by atoms with E-state index in [1.807, 2.05) is 6.92 Å². The van der Waals surface area contributed by atoms with E-state index in [1.165, 1.54) is 0 Å². The first-order valence-electron chi connectivity index (χ1n) is 2.28. The Hall–Kier alpha value is 0.463. The van der Waals surface area contributed by atoms with Crippen LogP contribution in [0, 0.1) is 0 Å². The molecule has 0 saturated carbocycles. The SMILES string of the molecule is CCOCC[O][Ge]. The molecular formula is C4H9GeO2. The van der Waals surface area contributed by atoms with Crippen molar-refractivity contribution < 1.29 is 8.50 Å². The van der Waals surface area contributed by atoms with Crippen LogP contribution in [0.2, 0.25) is 0 Å². The molecule has 3 heteroatoms. The van der Waals surface area contributed by atoms with Crippen LogP contribution in [0.3, 0.4) is 0 Å². The molecule has 0 spiro atoms. The first-order chi connectivity index (χ1) is 3.41. The summed E-state index contributed by atoms with van der Waals surface area (Å²) in [6, 6.07) is 0. The van der Waals surface area contributed by atoms with Crippen LogP contribution in [0.4, 0.5) is 0 Å². The van der Waals surface area contributed by atoms with Crippen molar-refractivity contribution in [2.45, 2.75) is 6.92 Å². The minimum absolute atomic E-state index is 0.702. The summed E-state index contributed by atoms with van der Waals surface area (Å²) in [5.41, 5.74) is 0. The molecular weight excluding hydrogens is 153 g/mol. The molecule has 41 valence electrons. The fourth-order valence-corrected chi connectivity index (χ4v) is 0.420. The molecule has 0 heterocycles. The molecule has 3 radical (unpaired) electrons. The first kappa shape index (κ1) is 7.46. The van der Waals surface area contributed by atoms with E-state index in [0.717, 1.165) is 6.61 Å². The average molecular weight is 162 g/mol. The predicted octanol–water partition coefficient (Wildman–Crippen LogP) is 0.123. The van der Waals surface area contributed by atoms with Crippen LogP contribution in [0.25, 0.3) is 0 Å². The van der Waals surface area contributed by atoms with E-state index in [4.69, 9.17) is 8.50 Å². The second-order valence-electron chi connectivity index (χ2n) is 1.05. The second kappa shape index (κ2) is 6.46. The third-order valence-electron chi connectivity index (χ3n) is 0.534. The standard InChI is InChI=1S/C4H9GeO2/c1-2-6-3-4-7-5/h2-4H2,1H3. The molecule has 0 aliphatic rings. The molecule has 0 N–H and O–H groups in total. The fourth-order valence-electron chi connectivity index (χ4n) is 0.245. The van der Waals surface area contributed by atoms with Crippen molar-refractivity contribution in [2.75, 3.05) is 19.8 Å². The molecule has 0 bridgehead atoms. The van der Waals surface area contributed by atoms with Crippen LogP contribution in [0.15, 0.2) is 0 Å². The minimum atomic E-state index is 0.702. The first-order valence-corrected chi connectivity index (χ1v) is 3.13. The van der Waals surface area contributed by atoms with E-state index >= 15 is 0 Å². The molecule has 0 unspecified atom stereocenters. The van der Waals surface area contributed by atoms with Gasteiger partial charge in [-0.2, -0.15) is 0 Å². The van der Waals surface area contributed by atoms with Gasteiger partial charge in [-0.3, -0.25) is 0 Å². The van der Waals surface area contributed by atoms with E-state index in [9.17, 15) is 0 Å². The Labute approximate surface area is 52.8 Å². The quantitative estimate of drug-likeness (QED) is 0.431. The van der Waals surface area contributed by atoms with Crippen molar-refractivity contribution in [1.29, 1.82) is 0 Å². The zero-order valence-electron chi connectivity index (χ0n) is 4.44. The van der Waals surface area contributed by atoms with Gasteiger partial charge in [0, 0.05) is 0 Å². The van der Waals surface area contributed by atoms with Crippen LogP contribution >= 0.6 is 0 Å². The molecule has 0 aromatic rings. The van der Waals surface area contributed by atoms with Gasteiger partial charge >= 0.3 is 52.1 Å². The Bertz CT molecular complexity index is 28.9. The van der Waals surface area contributed by atoms with Crippen molar-refractivity contribution in [3.63, 3.8) is 0 Å². The van der Waals surface area contributed by atoms with Gasteiger partial charge in [0.1, 0.15) is 0 Å². The fraction of sp³-hybridized carbons (Fsp3) is 1.00. The molecule has 0 saturated heterocycles. The Kier molecular flexibility index (Phi) is 6.89. The molecule has 0 aromatic heterocycles. The molecule has 0 aliphatic carbocycles. The summed E-state index contributed by atoms with van der Waals surface area (Å²) in [5, 5.41) is 0. The third-order valence-corrected chi connectivity index (χ3v) is 0.962. The van der Waals surface area contributed by atoms with Crippen LogP contribution in [0.1, 0.15) is 6.92 Å². The third kappa shape index (κ3) is 6.46. The van der Waals surface area contributed by atoms with Crippen LogP contribution in [-0.4, -0.2) is 36.7 Å². The van der Waals surface area contributed by atoms with Crippen LogP contribution in [-0.2, 0) is 8.50 Å². The van der Waals surface area contributed by atoms with Crippen molar-refractivity contribution in [2.24, 2.45) is 0 Å². The Morgan fingerprint density at radius 1 is 1.43 bits per heavy atom. The van der Waals surface area contributed by atoms with Crippen molar-refractivity contribution in [3.05, 3.63) is 0 Å². The number of hydrogen-bond acceptors (Lipinski definition) is 2. The van der Waals surface area contributed by atoms with Gasteiger partial charge < -0.3 is 0 Å². The molecule has 0 aromatic carbocycles. The number of ether oxygens (including phenoxy) is 1. The van der Waals surface area contributed by atoms with Gasteiger partial charge in [0.2, 0.25) is 0 Å². The van der Waals surface area contributed by atoms with Gasteiger partial charge in [0.05, 0.1) is 0 Å². The maximum absolute atomic E-state index is 4.95. The summed E-state index contributed by atoms with van der Waals surface area (Å²) in [6.45, 7) is 4.17. The summed E-state index contributed by atoms with van der Waals surface area (Å²) in [7, 11) is 0. The van der Waals surface area contributed by atoms with Crippen molar-refractivity contribution >= 4 is 16.9 Å². The average Bonchev–Trinajstić information content (AvgIpc) is 1.69. The van der Waals surface area contributed by atoms with E-state index in [-0.39, 0.29) is 0 Å². The summed E-state index contributed by atoms with van der Waals surface area (Å²) >= 11 is 1.67. The van der Waals surface area contributed by atoms with Gasteiger partial charge in [0.25, 0.3) is 0 Å². The Balaban J connectivity index is 2.45. The summed E-state index contributed by atoms with van der Waals surface area (Å²) in [5.74, 6) is 0. The van der Waals surface area contributed by atoms with Gasteiger partial charge in [-0.25, -0.2) is 0 Å². The van der Waals surface area contributed by atoms with Crippen molar-refractivity contribution in [3.8, 4) is 0 Å². The maximum atomic E-state index is 4.95. The predicted molar refractivity (Wildman–Crippen MR) is 28.2 cm³/mol. The van der Waals surface area contributed by atoms with Crippen LogP contribution in [0.5, 0.6) is 0 Å². The second-order valence-corrected chi connectivity index (χ2v) is 1.65. The van der Waals surface area contributed by atoms with E-state index in [2.05, 4.69) is 0 Å². The normalized spacial score (nSPS) is 9.43. The van der Waals surface area contributed by atoms with Gasteiger partial charge in [-0.15, -0.1) is 0 Å². The molecule has 2 nitrogen and oxygen atoms in total. The van der Waals surface area contributed by atoms with E-state index in [0.29, 0.717) is 13.2 Å². The van der Waals surface area contributed by atoms with Gasteiger partial charge in [0.15, 0.2) is 0 Å².